The minimum atomic E-state index is -0.592. The van der Waals surface area contributed by atoms with Gasteiger partial charge in [-0.1, -0.05) is 35.9 Å². The summed E-state index contributed by atoms with van der Waals surface area (Å²) in [5.41, 5.74) is 2.06. The van der Waals surface area contributed by atoms with Crippen LogP contribution in [0.5, 0.6) is 0 Å². The van der Waals surface area contributed by atoms with Crippen LogP contribution in [-0.2, 0) is 9.59 Å². The first-order valence-electron chi connectivity index (χ1n) is 7.20. The van der Waals surface area contributed by atoms with Crippen LogP contribution < -0.4 is 4.90 Å². The maximum absolute atomic E-state index is 12.8. The lowest BCUT2D eigenvalue weighted by atomic mass is 10.2. The summed E-state index contributed by atoms with van der Waals surface area (Å²) in [4.78, 5) is 30.7. The molecule has 1 saturated heterocycles. The first kappa shape index (κ1) is 14.0. The molecule has 0 bridgehead atoms. The standard InChI is InChI=1S/C17H12ClN3O2/c18-11-5-1-3-7-13(11)21-16(22)9-15(17(21)23)20-10-19-12-6-2-4-8-14(12)20/h1-8,10,15H,9H2/t15-/m1/s1. The van der Waals surface area contributed by atoms with Gasteiger partial charge in [-0.3, -0.25) is 9.59 Å². The van der Waals surface area contributed by atoms with Gasteiger partial charge in [0.2, 0.25) is 5.91 Å². The number of imidazole rings is 1. The monoisotopic (exact) mass is 325 g/mol. The number of amides is 2. The van der Waals surface area contributed by atoms with E-state index in [0.717, 1.165) is 11.0 Å². The van der Waals surface area contributed by atoms with Crippen LogP contribution in [0, 0.1) is 0 Å². The van der Waals surface area contributed by atoms with E-state index >= 15 is 0 Å². The molecule has 0 radical (unpaired) electrons. The molecule has 0 aliphatic carbocycles. The van der Waals surface area contributed by atoms with Crippen molar-refractivity contribution in [3.05, 3.63) is 59.9 Å². The minimum Gasteiger partial charge on any atom is -0.317 e. The van der Waals surface area contributed by atoms with E-state index in [4.69, 9.17) is 11.6 Å². The number of carbonyl (C=O) groups excluding carboxylic acids is 2. The van der Waals surface area contributed by atoms with Crippen LogP contribution >= 0.6 is 11.6 Å². The van der Waals surface area contributed by atoms with Crippen molar-refractivity contribution < 1.29 is 9.59 Å². The third kappa shape index (κ3) is 2.12. The number of halogens is 1. The first-order chi connectivity index (χ1) is 11.2. The minimum absolute atomic E-state index is 0.102. The molecule has 1 fully saturated rings. The zero-order chi connectivity index (χ0) is 16.0. The molecule has 2 aromatic carbocycles. The molecule has 5 nitrogen and oxygen atoms in total. The Labute approximate surface area is 137 Å². The molecule has 4 rings (SSSR count). The Morgan fingerprint density at radius 1 is 1.04 bits per heavy atom. The van der Waals surface area contributed by atoms with Gasteiger partial charge in [0.25, 0.3) is 5.91 Å². The molecular formula is C17H12ClN3O2. The van der Waals surface area contributed by atoms with Gasteiger partial charge in [0.1, 0.15) is 6.04 Å². The fourth-order valence-corrected chi connectivity index (χ4v) is 3.17. The molecule has 1 aliphatic rings. The molecular weight excluding hydrogens is 314 g/mol. The number of anilines is 1. The third-order valence-electron chi connectivity index (χ3n) is 4.03. The van der Waals surface area contributed by atoms with Gasteiger partial charge in [-0.05, 0) is 24.3 Å². The second-order valence-electron chi connectivity index (χ2n) is 5.38. The van der Waals surface area contributed by atoms with E-state index in [1.165, 1.54) is 4.90 Å². The van der Waals surface area contributed by atoms with Gasteiger partial charge in [0, 0.05) is 0 Å². The van der Waals surface area contributed by atoms with Gasteiger partial charge < -0.3 is 4.57 Å². The van der Waals surface area contributed by atoms with E-state index in [9.17, 15) is 9.59 Å². The Balaban J connectivity index is 1.77. The van der Waals surface area contributed by atoms with Gasteiger partial charge in [-0.15, -0.1) is 0 Å². The van der Waals surface area contributed by atoms with Crippen molar-refractivity contribution >= 4 is 40.1 Å². The normalized spacial score (nSPS) is 18.1. The highest BCUT2D eigenvalue weighted by molar-refractivity contribution is 6.36. The Kier molecular flexibility index (Phi) is 3.16. The topological polar surface area (TPSA) is 55.2 Å². The van der Waals surface area contributed by atoms with Crippen LogP contribution in [0.4, 0.5) is 5.69 Å². The van der Waals surface area contributed by atoms with E-state index in [1.54, 1.807) is 35.2 Å². The van der Waals surface area contributed by atoms with Crippen LogP contribution in [0.2, 0.25) is 5.02 Å². The Bertz CT molecular complexity index is 934. The summed E-state index contributed by atoms with van der Waals surface area (Å²) in [6, 6.07) is 13.8. The molecule has 1 aliphatic heterocycles. The number of aromatic nitrogens is 2. The highest BCUT2D eigenvalue weighted by Crippen LogP contribution is 2.34. The second-order valence-corrected chi connectivity index (χ2v) is 5.79. The van der Waals surface area contributed by atoms with Gasteiger partial charge in [-0.25, -0.2) is 9.88 Å². The number of hydrogen-bond donors (Lipinski definition) is 0. The van der Waals surface area contributed by atoms with Crippen molar-refractivity contribution in [1.82, 2.24) is 9.55 Å². The molecule has 114 valence electrons. The third-order valence-corrected chi connectivity index (χ3v) is 4.35. The lowest BCUT2D eigenvalue weighted by Gasteiger charge is -2.17. The maximum atomic E-state index is 12.8. The molecule has 0 saturated carbocycles. The quantitative estimate of drug-likeness (QED) is 0.680. The number of carbonyl (C=O) groups is 2. The van der Waals surface area contributed by atoms with E-state index < -0.39 is 6.04 Å². The second kappa shape index (κ2) is 5.21. The fraction of sp³-hybridized carbons (Fsp3) is 0.118. The first-order valence-corrected chi connectivity index (χ1v) is 7.57. The van der Waals surface area contributed by atoms with Crippen LogP contribution in [-0.4, -0.2) is 21.4 Å². The molecule has 0 N–H and O–H groups in total. The number of fused-ring (bicyclic) bond motifs is 1. The summed E-state index contributed by atoms with van der Waals surface area (Å²) >= 11 is 6.14. The summed E-state index contributed by atoms with van der Waals surface area (Å²) < 4.78 is 1.76. The average molecular weight is 326 g/mol. The molecule has 2 amide bonds. The number of benzene rings is 2. The zero-order valence-corrected chi connectivity index (χ0v) is 12.8. The number of nitrogens with zero attached hydrogens (tertiary/aromatic N) is 3. The number of para-hydroxylation sites is 3. The van der Waals surface area contributed by atoms with Crippen LogP contribution in [0.25, 0.3) is 11.0 Å². The van der Waals surface area contributed by atoms with E-state index in [2.05, 4.69) is 4.98 Å². The number of rotatable bonds is 2. The number of hydrogen-bond acceptors (Lipinski definition) is 3. The largest absolute Gasteiger partial charge is 0.317 e. The average Bonchev–Trinajstić information content (AvgIpc) is 3.09. The van der Waals surface area contributed by atoms with E-state index in [0.29, 0.717) is 10.7 Å². The highest BCUT2D eigenvalue weighted by Gasteiger charge is 2.41. The van der Waals surface area contributed by atoms with Crippen LogP contribution in [0.15, 0.2) is 54.9 Å². The van der Waals surface area contributed by atoms with Crippen molar-refractivity contribution in [2.24, 2.45) is 0 Å². The zero-order valence-electron chi connectivity index (χ0n) is 12.0. The van der Waals surface area contributed by atoms with Crippen molar-refractivity contribution in [2.75, 3.05) is 4.90 Å². The highest BCUT2D eigenvalue weighted by atomic mass is 35.5. The smallest absolute Gasteiger partial charge is 0.257 e. The molecule has 3 aromatic rings. The Morgan fingerprint density at radius 2 is 1.78 bits per heavy atom. The van der Waals surface area contributed by atoms with E-state index in [1.807, 2.05) is 24.3 Å². The van der Waals surface area contributed by atoms with Crippen molar-refractivity contribution in [3.8, 4) is 0 Å². The summed E-state index contributed by atoms with van der Waals surface area (Å²) in [6.07, 6.45) is 1.71. The maximum Gasteiger partial charge on any atom is 0.257 e. The summed E-state index contributed by atoms with van der Waals surface area (Å²) in [7, 11) is 0. The summed E-state index contributed by atoms with van der Waals surface area (Å²) in [5.74, 6) is -0.544. The van der Waals surface area contributed by atoms with Gasteiger partial charge in [0.05, 0.1) is 34.5 Å². The van der Waals surface area contributed by atoms with E-state index in [-0.39, 0.29) is 18.2 Å². The lowest BCUT2D eigenvalue weighted by molar-refractivity contribution is -0.122. The Morgan fingerprint density at radius 3 is 2.61 bits per heavy atom. The van der Waals surface area contributed by atoms with Crippen molar-refractivity contribution in [2.45, 2.75) is 12.5 Å². The van der Waals surface area contributed by atoms with Crippen molar-refractivity contribution in [3.63, 3.8) is 0 Å². The molecule has 23 heavy (non-hydrogen) atoms. The molecule has 0 unspecified atom stereocenters. The van der Waals surface area contributed by atoms with Gasteiger partial charge in [0.15, 0.2) is 0 Å². The van der Waals surface area contributed by atoms with Crippen LogP contribution in [0.1, 0.15) is 12.5 Å². The van der Waals surface area contributed by atoms with Crippen molar-refractivity contribution in [1.29, 1.82) is 0 Å². The summed E-state index contributed by atoms with van der Waals surface area (Å²) in [5, 5.41) is 0.380. The molecule has 2 heterocycles. The molecule has 0 spiro atoms. The SMILES string of the molecule is O=C1C[C@@H](n2cnc3ccccc32)C(=O)N1c1ccccc1Cl. The fourth-order valence-electron chi connectivity index (χ4n) is 2.95. The predicted octanol–water partition coefficient (Wildman–Crippen LogP) is 3.19. The number of imide groups is 1. The van der Waals surface area contributed by atoms with Crippen LogP contribution in [0.3, 0.4) is 0 Å². The summed E-state index contributed by atoms with van der Waals surface area (Å²) in [6.45, 7) is 0. The van der Waals surface area contributed by atoms with Gasteiger partial charge >= 0.3 is 0 Å². The lowest BCUT2D eigenvalue weighted by Crippen LogP contribution is -2.31. The molecule has 1 atom stereocenters. The Hall–Kier alpha value is -2.66. The molecule has 1 aromatic heterocycles. The van der Waals surface area contributed by atoms with Gasteiger partial charge in [-0.2, -0.15) is 0 Å². The molecule has 6 heteroatoms. The predicted molar refractivity (Wildman–Crippen MR) is 87.3 cm³/mol.